The van der Waals surface area contributed by atoms with Crippen molar-refractivity contribution in [3.8, 4) is 17.6 Å². The van der Waals surface area contributed by atoms with Gasteiger partial charge in [0.15, 0.2) is 11.5 Å². The third-order valence-corrected chi connectivity index (χ3v) is 7.53. The highest BCUT2D eigenvalue weighted by Crippen LogP contribution is 2.35. The average molecular weight is 487 g/mol. The molecule has 2 N–H and O–H groups in total. The van der Waals surface area contributed by atoms with E-state index < -0.39 is 0 Å². The third-order valence-electron chi connectivity index (χ3n) is 7.53. The normalized spacial score (nSPS) is 25.1. The molecule has 4 rings (SSSR count). The van der Waals surface area contributed by atoms with Crippen molar-refractivity contribution in [2.45, 2.75) is 70.9 Å². The predicted molar refractivity (Wildman–Crippen MR) is 136 cm³/mol. The largest absolute Gasteiger partial charge is 0.493 e. The molecule has 3 aliphatic rings. The van der Waals surface area contributed by atoms with Crippen LogP contribution in [0.15, 0.2) is 18.2 Å². The molecule has 3 fully saturated rings. The SMILES string of the molecule is CCOc1cc(N2CCN(C(=O)[C@@H]3CCCC[C@H]3C)[C@H](C)C2)ccc1OC.N#CC1(NCO)CC1. The summed E-state index contributed by atoms with van der Waals surface area (Å²) in [7, 11) is 1.66. The lowest BCUT2D eigenvalue weighted by molar-refractivity contribution is -0.140. The number of aliphatic hydroxyl groups is 1. The van der Waals surface area contributed by atoms with Crippen LogP contribution in [0.2, 0.25) is 0 Å². The summed E-state index contributed by atoms with van der Waals surface area (Å²) < 4.78 is 11.1. The van der Waals surface area contributed by atoms with E-state index in [9.17, 15) is 4.79 Å². The van der Waals surface area contributed by atoms with Crippen LogP contribution in [0.25, 0.3) is 0 Å². The molecule has 0 spiro atoms. The number of nitrogens with zero attached hydrogens (tertiary/aromatic N) is 3. The van der Waals surface area contributed by atoms with Crippen molar-refractivity contribution in [1.29, 1.82) is 5.26 Å². The highest BCUT2D eigenvalue weighted by Gasteiger charge is 2.42. The molecule has 1 aliphatic heterocycles. The number of piperazine rings is 1. The van der Waals surface area contributed by atoms with Crippen molar-refractivity contribution >= 4 is 11.6 Å². The number of anilines is 1. The van der Waals surface area contributed by atoms with Gasteiger partial charge in [0.25, 0.3) is 0 Å². The van der Waals surface area contributed by atoms with Crippen LogP contribution >= 0.6 is 0 Å². The molecule has 0 bridgehead atoms. The summed E-state index contributed by atoms with van der Waals surface area (Å²) in [5, 5.41) is 19.4. The van der Waals surface area contributed by atoms with Crippen LogP contribution in [0, 0.1) is 23.2 Å². The Bertz CT molecular complexity index is 882. The van der Waals surface area contributed by atoms with Gasteiger partial charge in [-0.2, -0.15) is 5.26 Å². The number of methoxy groups -OCH3 is 1. The van der Waals surface area contributed by atoms with Gasteiger partial charge in [0.1, 0.15) is 5.54 Å². The van der Waals surface area contributed by atoms with Gasteiger partial charge in [-0.05, 0) is 57.6 Å². The van der Waals surface area contributed by atoms with Gasteiger partial charge in [-0.15, -0.1) is 0 Å². The first-order valence-corrected chi connectivity index (χ1v) is 13.0. The molecule has 2 aliphatic carbocycles. The Labute approximate surface area is 210 Å². The first kappa shape index (κ1) is 27.1. The molecule has 0 radical (unpaired) electrons. The lowest BCUT2D eigenvalue weighted by atomic mass is 9.79. The molecular weight excluding hydrogens is 444 g/mol. The highest BCUT2D eigenvalue weighted by atomic mass is 16.5. The Hall–Kier alpha value is -2.50. The number of amides is 1. The molecule has 35 heavy (non-hydrogen) atoms. The second kappa shape index (κ2) is 12.5. The van der Waals surface area contributed by atoms with E-state index in [2.05, 4.69) is 47.2 Å². The second-order valence-electron chi connectivity index (χ2n) is 9.99. The van der Waals surface area contributed by atoms with Crippen molar-refractivity contribution in [3.63, 3.8) is 0 Å². The number of nitriles is 1. The summed E-state index contributed by atoms with van der Waals surface area (Å²) in [6.07, 6.45) is 6.48. The molecule has 0 unspecified atom stereocenters. The Morgan fingerprint density at radius 2 is 1.97 bits per heavy atom. The zero-order valence-electron chi connectivity index (χ0n) is 21.8. The minimum absolute atomic E-state index is 0.0897. The number of aliphatic hydroxyl groups excluding tert-OH is 1. The standard InChI is InChI=1S/C22H34N2O3.C5H8N2O/c1-5-27-21-14-18(10-11-20(21)26-4)23-12-13-24(17(3)15-23)22(25)19-9-7-6-8-16(19)2;6-3-5(1-2-5)7-4-8/h10-11,14,16-17,19H,5-9,12-13,15H2,1-4H3;7-8H,1-2,4H2/t16-,17-,19-;/m1./s1. The maximum Gasteiger partial charge on any atom is 0.226 e. The van der Waals surface area contributed by atoms with E-state index in [4.69, 9.17) is 19.8 Å². The number of nitrogens with one attached hydrogen (secondary N) is 1. The van der Waals surface area contributed by atoms with Crippen LogP contribution in [0.1, 0.15) is 59.3 Å². The van der Waals surface area contributed by atoms with Crippen LogP contribution in [0.4, 0.5) is 5.69 Å². The zero-order valence-corrected chi connectivity index (χ0v) is 21.8. The molecule has 1 aromatic carbocycles. The Balaban J connectivity index is 0.000000363. The summed E-state index contributed by atoms with van der Waals surface area (Å²) in [4.78, 5) is 17.6. The minimum atomic E-state index is -0.352. The first-order chi connectivity index (χ1) is 16.9. The van der Waals surface area contributed by atoms with Gasteiger partial charge in [-0.3, -0.25) is 10.1 Å². The predicted octanol–water partition coefficient (Wildman–Crippen LogP) is 3.54. The maximum absolute atomic E-state index is 13.1. The van der Waals surface area contributed by atoms with E-state index >= 15 is 0 Å². The molecule has 1 saturated heterocycles. The highest BCUT2D eigenvalue weighted by molar-refractivity contribution is 5.80. The first-order valence-electron chi connectivity index (χ1n) is 13.0. The van der Waals surface area contributed by atoms with Gasteiger partial charge in [0.05, 0.1) is 26.5 Å². The fourth-order valence-corrected chi connectivity index (χ4v) is 5.15. The second-order valence-corrected chi connectivity index (χ2v) is 9.99. The van der Waals surface area contributed by atoms with Crippen molar-refractivity contribution in [2.75, 3.05) is 45.0 Å². The Morgan fingerprint density at radius 1 is 1.23 bits per heavy atom. The van der Waals surface area contributed by atoms with Gasteiger partial charge in [0.2, 0.25) is 5.91 Å². The quantitative estimate of drug-likeness (QED) is 0.569. The van der Waals surface area contributed by atoms with Gasteiger partial charge >= 0.3 is 0 Å². The lowest BCUT2D eigenvalue weighted by Gasteiger charge is -2.43. The zero-order chi connectivity index (χ0) is 25.4. The summed E-state index contributed by atoms with van der Waals surface area (Å²) in [5.74, 6) is 2.65. The van der Waals surface area contributed by atoms with Crippen molar-refractivity contribution in [3.05, 3.63) is 18.2 Å². The molecule has 8 nitrogen and oxygen atoms in total. The Kier molecular flexibility index (Phi) is 9.64. The average Bonchev–Trinajstić information content (AvgIpc) is 3.65. The van der Waals surface area contributed by atoms with Gasteiger partial charge in [-0.1, -0.05) is 19.8 Å². The number of benzene rings is 1. The summed E-state index contributed by atoms with van der Waals surface area (Å²) in [6, 6.07) is 8.40. The molecule has 8 heteroatoms. The third kappa shape index (κ3) is 6.80. The topological polar surface area (TPSA) is 98.1 Å². The van der Waals surface area contributed by atoms with E-state index in [0.717, 1.165) is 56.1 Å². The fraction of sp³-hybridized carbons (Fsp3) is 0.704. The van der Waals surface area contributed by atoms with E-state index in [0.29, 0.717) is 18.4 Å². The summed E-state index contributed by atoms with van der Waals surface area (Å²) in [6.45, 7) is 9.41. The van der Waals surface area contributed by atoms with Crippen LogP contribution in [0.3, 0.4) is 0 Å². The number of carbonyl (C=O) groups is 1. The minimum Gasteiger partial charge on any atom is -0.493 e. The van der Waals surface area contributed by atoms with Gasteiger partial charge < -0.3 is 24.4 Å². The van der Waals surface area contributed by atoms with E-state index in [1.807, 2.05) is 13.0 Å². The Morgan fingerprint density at radius 3 is 2.51 bits per heavy atom. The molecule has 3 atom stereocenters. The van der Waals surface area contributed by atoms with Crippen molar-refractivity contribution in [2.24, 2.45) is 11.8 Å². The van der Waals surface area contributed by atoms with Crippen LogP contribution in [0.5, 0.6) is 11.5 Å². The van der Waals surface area contributed by atoms with E-state index in [1.165, 1.54) is 19.3 Å². The van der Waals surface area contributed by atoms with Crippen LogP contribution in [-0.4, -0.2) is 67.6 Å². The van der Waals surface area contributed by atoms with Crippen molar-refractivity contribution in [1.82, 2.24) is 10.2 Å². The molecule has 1 aromatic rings. The van der Waals surface area contributed by atoms with E-state index in [-0.39, 0.29) is 24.2 Å². The van der Waals surface area contributed by atoms with Gasteiger partial charge in [-0.25, -0.2) is 0 Å². The fourth-order valence-electron chi connectivity index (χ4n) is 5.15. The summed E-state index contributed by atoms with van der Waals surface area (Å²) in [5.41, 5.74) is 0.776. The number of ether oxygens (including phenoxy) is 2. The molecule has 0 aromatic heterocycles. The van der Waals surface area contributed by atoms with Crippen LogP contribution in [-0.2, 0) is 4.79 Å². The smallest absolute Gasteiger partial charge is 0.226 e. The molecule has 194 valence electrons. The molecule has 1 amide bonds. The summed E-state index contributed by atoms with van der Waals surface area (Å²) >= 11 is 0. The van der Waals surface area contributed by atoms with Gasteiger partial charge in [0, 0.05) is 43.3 Å². The molecule has 1 heterocycles. The number of hydrogen-bond donors (Lipinski definition) is 2. The van der Waals surface area contributed by atoms with Crippen LogP contribution < -0.4 is 19.7 Å². The monoisotopic (exact) mass is 486 g/mol. The van der Waals surface area contributed by atoms with E-state index in [1.54, 1.807) is 7.11 Å². The molecular formula is C27H42N4O4. The lowest BCUT2D eigenvalue weighted by Crippen LogP contribution is -2.56. The molecule has 2 saturated carbocycles. The number of hydrogen-bond acceptors (Lipinski definition) is 7. The number of carbonyl (C=O) groups excluding carboxylic acids is 1. The van der Waals surface area contributed by atoms with Crippen molar-refractivity contribution < 1.29 is 19.4 Å². The maximum atomic E-state index is 13.1. The number of rotatable bonds is 7.